The van der Waals surface area contributed by atoms with E-state index >= 15 is 0 Å². The molecule has 1 atom stereocenters. The normalized spacial score (nSPS) is 11.5. The smallest absolute Gasteiger partial charge is 0.412 e. The SMILES string of the molecule is Cc1noc(-c2ccc(-c3cc(F)c(Oc4ncccc4C(=O)O)c(F)c3)cc2)c1NC(=O)O[C@H](C)c1ccccc1. The molecular weight excluding hydrogens is 548 g/mol. The standard InChI is InChI=1S/C31H23F2N3O6/c1-17-26(35-31(39)40-18(2)19-7-4-3-5-8-19)27(42-36-17)21-12-10-20(11-13-21)22-15-24(32)28(25(33)16-22)41-29-23(30(37)38)9-6-14-34-29/h3-16,18H,1-2H3,(H,35,39)(H,37,38)/t18-/m1/s1. The molecule has 2 N–H and O–H groups in total. The van der Waals surface area contributed by atoms with Crippen molar-refractivity contribution in [3.63, 3.8) is 0 Å². The summed E-state index contributed by atoms with van der Waals surface area (Å²) >= 11 is 0. The topological polar surface area (TPSA) is 124 Å². The molecule has 0 fully saturated rings. The molecule has 0 aliphatic carbocycles. The van der Waals surface area contributed by atoms with Gasteiger partial charge in [0, 0.05) is 11.8 Å². The van der Waals surface area contributed by atoms with Crippen molar-refractivity contribution in [1.82, 2.24) is 10.1 Å². The lowest BCUT2D eigenvalue weighted by Gasteiger charge is -2.14. The van der Waals surface area contributed by atoms with Crippen LogP contribution in [0.1, 0.15) is 34.6 Å². The maximum atomic E-state index is 14.9. The second-order valence-electron chi connectivity index (χ2n) is 9.17. The van der Waals surface area contributed by atoms with Crippen LogP contribution in [0.5, 0.6) is 11.6 Å². The van der Waals surface area contributed by atoms with Crippen LogP contribution in [0.3, 0.4) is 0 Å². The predicted molar refractivity (Wildman–Crippen MR) is 148 cm³/mol. The van der Waals surface area contributed by atoms with Gasteiger partial charge in [-0.3, -0.25) is 5.32 Å². The molecule has 0 saturated carbocycles. The average molecular weight is 572 g/mol. The Morgan fingerprint density at radius 3 is 2.26 bits per heavy atom. The highest BCUT2D eigenvalue weighted by atomic mass is 19.1. The van der Waals surface area contributed by atoms with Gasteiger partial charge in [-0.05, 0) is 54.8 Å². The zero-order valence-electron chi connectivity index (χ0n) is 22.3. The number of anilines is 1. The molecule has 2 heterocycles. The summed E-state index contributed by atoms with van der Waals surface area (Å²) in [6.07, 6.45) is 0.0679. The molecule has 3 aromatic carbocycles. The maximum absolute atomic E-state index is 14.9. The number of carboxylic acid groups (broad SMARTS) is 1. The molecule has 5 rings (SSSR count). The number of halogens is 2. The van der Waals surface area contributed by atoms with Crippen molar-refractivity contribution in [2.24, 2.45) is 0 Å². The van der Waals surface area contributed by atoms with Crippen molar-refractivity contribution in [1.29, 1.82) is 0 Å². The summed E-state index contributed by atoms with van der Waals surface area (Å²) in [7, 11) is 0. The molecule has 42 heavy (non-hydrogen) atoms. The van der Waals surface area contributed by atoms with E-state index in [0.717, 1.165) is 17.7 Å². The third kappa shape index (κ3) is 5.94. The van der Waals surface area contributed by atoms with Crippen molar-refractivity contribution in [3.8, 4) is 34.1 Å². The summed E-state index contributed by atoms with van der Waals surface area (Å²) in [5, 5.41) is 15.9. The van der Waals surface area contributed by atoms with Crippen molar-refractivity contribution in [2.75, 3.05) is 5.32 Å². The number of aromatic carboxylic acids is 1. The molecule has 2 aromatic heterocycles. The monoisotopic (exact) mass is 571 g/mol. The molecule has 1 amide bonds. The third-order valence-electron chi connectivity index (χ3n) is 6.32. The minimum absolute atomic E-state index is 0.203. The predicted octanol–water partition coefficient (Wildman–Crippen LogP) is 7.79. The minimum atomic E-state index is -1.35. The Labute approximate surface area is 238 Å². The fourth-order valence-corrected chi connectivity index (χ4v) is 4.17. The Morgan fingerprint density at radius 1 is 0.929 bits per heavy atom. The minimum Gasteiger partial charge on any atom is -0.477 e. The van der Waals surface area contributed by atoms with E-state index < -0.39 is 41.4 Å². The van der Waals surface area contributed by atoms with Gasteiger partial charge < -0.3 is 19.1 Å². The second kappa shape index (κ2) is 11.9. The van der Waals surface area contributed by atoms with Crippen LogP contribution in [0.4, 0.5) is 19.3 Å². The summed E-state index contributed by atoms with van der Waals surface area (Å²) in [5.74, 6) is -4.39. The van der Waals surface area contributed by atoms with Gasteiger partial charge in [0.05, 0.1) is 0 Å². The number of hydrogen-bond acceptors (Lipinski definition) is 7. The first kappa shape index (κ1) is 28.0. The first-order valence-electron chi connectivity index (χ1n) is 12.7. The number of nitrogens with zero attached hydrogens (tertiary/aromatic N) is 2. The van der Waals surface area contributed by atoms with Gasteiger partial charge in [0.2, 0.25) is 11.6 Å². The van der Waals surface area contributed by atoms with Gasteiger partial charge in [-0.15, -0.1) is 0 Å². The number of ether oxygens (including phenoxy) is 2. The van der Waals surface area contributed by atoms with Gasteiger partial charge in [0.1, 0.15) is 23.0 Å². The van der Waals surface area contributed by atoms with Crippen molar-refractivity contribution in [2.45, 2.75) is 20.0 Å². The van der Waals surface area contributed by atoms with Gasteiger partial charge in [-0.2, -0.15) is 0 Å². The molecular formula is C31H23F2N3O6. The van der Waals surface area contributed by atoms with Crippen LogP contribution in [0.15, 0.2) is 89.6 Å². The van der Waals surface area contributed by atoms with E-state index in [1.807, 2.05) is 30.3 Å². The van der Waals surface area contributed by atoms with Crippen molar-refractivity contribution in [3.05, 3.63) is 114 Å². The van der Waals surface area contributed by atoms with Crippen LogP contribution in [-0.4, -0.2) is 27.3 Å². The lowest BCUT2D eigenvalue weighted by molar-refractivity contribution is 0.0693. The highest BCUT2D eigenvalue weighted by Gasteiger charge is 2.22. The van der Waals surface area contributed by atoms with E-state index in [-0.39, 0.29) is 16.9 Å². The number of pyridine rings is 1. The first-order valence-corrected chi connectivity index (χ1v) is 12.7. The number of nitrogens with one attached hydrogen (secondary N) is 1. The van der Waals surface area contributed by atoms with Crippen LogP contribution in [0.25, 0.3) is 22.5 Å². The number of carbonyl (C=O) groups excluding carboxylic acids is 1. The third-order valence-corrected chi connectivity index (χ3v) is 6.32. The first-order chi connectivity index (χ1) is 20.2. The quantitative estimate of drug-likeness (QED) is 0.193. The van der Waals surface area contributed by atoms with Crippen LogP contribution in [0.2, 0.25) is 0 Å². The number of amides is 1. The van der Waals surface area contributed by atoms with Gasteiger partial charge in [-0.25, -0.2) is 23.4 Å². The number of aromatic nitrogens is 2. The van der Waals surface area contributed by atoms with Crippen LogP contribution >= 0.6 is 0 Å². The molecule has 0 aliphatic heterocycles. The average Bonchev–Trinajstić information content (AvgIpc) is 3.34. The van der Waals surface area contributed by atoms with Crippen molar-refractivity contribution < 1.29 is 37.5 Å². The largest absolute Gasteiger partial charge is 0.477 e. The summed E-state index contributed by atoms with van der Waals surface area (Å²) in [6.45, 7) is 3.42. The highest BCUT2D eigenvalue weighted by molar-refractivity contribution is 5.91. The molecule has 0 radical (unpaired) electrons. The lowest BCUT2D eigenvalue weighted by atomic mass is 10.0. The summed E-state index contributed by atoms with van der Waals surface area (Å²) < 4.78 is 46.0. The Kier molecular flexibility index (Phi) is 7.91. The number of aryl methyl sites for hydroxylation is 1. The Bertz CT molecular complexity index is 1730. The van der Waals surface area contributed by atoms with E-state index in [4.69, 9.17) is 14.0 Å². The van der Waals surface area contributed by atoms with Gasteiger partial charge >= 0.3 is 12.1 Å². The zero-order valence-corrected chi connectivity index (χ0v) is 22.3. The molecule has 212 valence electrons. The fourth-order valence-electron chi connectivity index (χ4n) is 4.17. The van der Waals surface area contributed by atoms with Gasteiger partial charge in [0.25, 0.3) is 0 Å². The number of rotatable bonds is 8. The Morgan fingerprint density at radius 2 is 1.60 bits per heavy atom. The zero-order chi connectivity index (χ0) is 29.8. The summed E-state index contributed by atoms with van der Waals surface area (Å²) in [6, 6.07) is 20.5. The number of hydrogen-bond donors (Lipinski definition) is 2. The Balaban J connectivity index is 1.34. The molecule has 0 aliphatic rings. The molecule has 0 saturated heterocycles. The van der Waals surface area contributed by atoms with Crippen LogP contribution < -0.4 is 10.1 Å². The van der Waals surface area contributed by atoms with E-state index in [2.05, 4.69) is 15.5 Å². The molecule has 0 spiro atoms. The summed E-state index contributed by atoms with van der Waals surface area (Å²) in [5.41, 5.74) is 2.45. The number of benzene rings is 3. The summed E-state index contributed by atoms with van der Waals surface area (Å²) in [4.78, 5) is 27.8. The van der Waals surface area contributed by atoms with Crippen LogP contribution in [0, 0.1) is 18.6 Å². The van der Waals surface area contributed by atoms with E-state index in [1.165, 1.54) is 18.3 Å². The van der Waals surface area contributed by atoms with E-state index in [9.17, 15) is 23.5 Å². The molecule has 0 bridgehead atoms. The molecule has 0 unspecified atom stereocenters. The van der Waals surface area contributed by atoms with E-state index in [1.54, 1.807) is 38.1 Å². The van der Waals surface area contributed by atoms with E-state index in [0.29, 0.717) is 22.5 Å². The molecule has 11 heteroatoms. The second-order valence-corrected chi connectivity index (χ2v) is 9.17. The lowest BCUT2D eigenvalue weighted by Crippen LogP contribution is -2.16. The maximum Gasteiger partial charge on any atom is 0.412 e. The van der Waals surface area contributed by atoms with Crippen LogP contribution in [-0.2, 0) is 4.74 Å². The van der Waals surface area contributed by atoms with Crippen molar-refractivity contribution >= 4 is 17.7 Å². The van der Waals surface area contributed by atoms with Gasteiger partial charge in [0.15, 0.2) is 17.4 Å². The Hall–Kier alpha value is -5.58. The highest BCUT2D eigenvalue weighted by Crippen LogP contribution is 2.35. The number of carboxylic acids is 1. The fraction of sp³-hybridized carbons (Fsp3) is 0.0968. The molecule has 5 aromatic rings. The van der Waals surface area contributed by atoms with Gasteiger partial charge in [-0.1, -0.05) is 59.8 Å². The molecule has 9 nitrogen and oxygen atoms in total. The number of carbonyl (C=O) groups is 2.